The lowest BCUT2D eigenvalue weighted by Gasteiger charge is -2.21. The average Bonchev–Trinajstić information content (AvgIpc) is 3.41. The molecule has 0 atom stereocenters. The van der Waals surface area contributed by atoms with Crippen molar-refractivity contribution >= 4 is 35.4 Å². The molecule has 0 radical (unpaired) electrons. The highest BCUT2D eigenvalue weighted by Gasteiger charge is 2.14. The molecule has 2 amide bonds. The van der Waals surface area contributed by atoms with Gasteiger partial charge in [0, 0.05) is 24.3 Å². The Morgan fingerprint density at radius 1 is 0.971 bits per heavy atom. The van der Waals surface area contributed by atoms with Gasteiger partial charge in [0.25, 0.3) is 11.8 Å². The van der Waals surface area contributed by atoms with E-state index in [4.69, 9.17) is 4.42 Å². The highest BCUT2D eigenvalue weighted by Crippen LogP contribution is 2.16. The molecule has 0 saturated heterocycles. The van der Waals surface area contributed by atoms with Gasteiger partial charge in [-0.2, -0.15) is 5.10 Å². The number of hydrogen-bond donors (Lipinski definition) is 2. The molecular weight excluding hydrogens is 440 g/mol. The monoisotopic (exact) mass is 470 g/mol. The number of rotatable bonds is 10. The third kappa shape index (κ3) is 7.57. The predicted octanol–water partition coefficient (Wildman–Crippen LogP) is 5.10. The quantitative estimate of drug-likeness (QED) is 0.245. The second kappa shape index (κ2) is 12.7. The molecule has 1 aromatic heterocycles. The van der Waals surface area contributed by atoms with Gasteiger partial charge in [0.15, 0.2) is 0 Å². The molecule has 0 aliphatic carbocycles. The minimum atomic E-state index is -0.534. The number of nitrogens with zero attached hydrogens (tertiary/aromatic N) is 2. The Labute approximate surface area is 205 Å². The Balaban J connectivity index is 1.80. The van der Waals surface area contributed by atoms with Gasteiger partial charge in [-0.05, 0) is 81.0 Å². The molecule has 2 aromatic carbocycles. The van der Waals surface area contributed by atoms with Gasteiger partial charge in [-0.3, -0.25) is 9.59 Å². The number of hydrazone groups is 1. The van der Waals surface area contributed by atoms with E-state index in [2.05, 4.69) is 34.6 Å². The van der Waals surface area contributed by atoms with Crippen LogP contribution in [0.4, 0.5) is 5.69 Å². The maximum atomic E-state index is 13.0. The number of carbonyl (C=O) groups is 2. The van der Waals surface area contributed by atoms with Gasteiger partial charge in [0.05, 0.1) is 12.0 Å². The van der Waals surface area contributed by atoms with Crippen LogP contribution in [0, 0.1) is 0 Å². The van der Waals surface area contributed by atoms with Crippen LogP contribution in [0.5, 0.6) is 0 Å². The Hall–Kier alpha value is -4.39. The van der Waals surface area contributed by atoms with E-state index in [0.717, 1.165) is 24.3 Å². The number of anilines is 1. The van der Waals surface area contributed by atoms with E-state index in [9.17, 15) is 9.59 Å². The fourth-order valence-electron chi connectivity index (χ4n) is 3.30. The Kier molecular flexibility index (Phi) is 9.19. The summed E-state index contributed by atoms with van der Waals surface area (Å²) in [5.74, 6) is -0.243. The lowest BCUT2D eigenvalue weighted by molar-refractivity contribution is -0.117. The fourth-order valence-corrected chi connectivity index (χ4v) is 3.30. The van der Waals surface area contributed by atoms with E-state index in [1.165, 1.54) is 0 Å². The van der Waals surface area contributed by atoms with E-state index < -0.39 is 5.91 Å². The van der Waals surface area contributed by atoms with Gasteiger partial charge in [-0.25, -0.2) is 5.43 Å². The molecule has 35 heavy (non-hydrogen) atoms. The first-order valence-electron chi connectivity index (χ1n) is 11.5. The molecule has 2 N–H and O–H groups in total. The molecule has 0 saturated carbocycles. The zero-order chi connectivity index (χ0) is 25.0. The van der Waals surface area contributed by atoms with Crippen LogP contribution >= 0.6 is 0 Å². The summed E-state index contributed by atoms with van der Waals surface area (Å²) < 4.78 is 5.25. The van der Waals surface area contributed by atoms with Gasteiger partial charge in [0.2, 0.25) is 0 Å². The number of benzene rings is 2. The van der Waals surface area contributed by atoms with Gasteiger partial charge >= 0.3 is 0 Å². The molecule has 0 unspecified atom stereocenters. The summed E-state index contributed by atoms with van der Waals surface area (Å²) in [5, 5.41) is 6.83. The topological polar surface area (TPSA) is 86.9 Å². The molecule has 0 aliphatic rings. The molecule has 3 aromatic rings. The van der Waals surface area contributed by atoms with Crippen LogP contribution in [0.2, 0.25) is 0 Å². The Morgan fingerprint density at radius 2 is 1.69 bits per heavy atom. The predicted molar refractivity (Wildman–Crippen MR) is 141 cm³/mol. The van der Waals surface area contributed by atoms with Crippen molar-refractivity contribution in [3.8, 4) is 0 Å². The molecule has 0 spiro atoms. The number of amides is 2. The third-order valence-electron chi connectivity index (χ3n) is 5.23. The summed E-state index contributed by atoms with van der Waals surface area (Å²) in [6.07, 6.45) is 6.67. The molecular formula is C28H30N4O3. The Bertz CT molecular complexity index is 1190. The summed E-state index contributed by atoms with van der Waals surface area (Å²) in [5.41, 5.74) is 5.48. The van der Waals surface area contributed by atoms with Crippen molar-refractivity contribution < 1.29 is 14.0 Å². The molecule has 0 aliphatic heterocycles. The first-order valence-corrected chi connectivity index (χ1v) is 11.5. The van der Waals surface area contributed by atoms with Crippen molar-refractivity contribution in [2.24, 2.45) is 5.10 Å². The maximum absolute atomic E-state index is 13.0. The van der Waals surface area contributed by atoms with Gasteiger partial charge in [-0.1, -0.05) is 30.3 Å². The first kappa shape index (κ1) is 25.2. The zero-order valence-electron chi connectivity index (χ0n) is 20.2. The fraction of sp³-hybridized carbons (Fsp3) is 0.179. The zero-order valence-corrected chi connectivity index (χ0v) is 20.2. The van der Waals surface area contributed by atoms with Crippen molar-refractivity contribution in [2.75, 3.05) is 18.0 Å². The van der Waals surface area contributed by atoms with Crippen LogP contribution in [0.1, 0.15) is 42.5 Å². The minimum Gasteiger partial charge on any atom is -0.465 e. The van der Waals surface area contributed by atoms with E-state index in [1.807, 2.05) is 36.4 Å². The van der Waals surface area contributed by atoms with Crippen molar-refractivity contribution in [1.82, 2.24) is 10.7 Å². The third-order valence-corrected chi connectivity index (χ3v) is 5.23. The highest BCUT2D eigenvalue weighted by molar-refractivity contribution is 6.06. The average molecular weight is 471 g/mol. The summed E-state index contributed by atoms with van der Waals surface area (Å²) in [6.45, 7) is 7.75. The van der Waals surface area contributed by atoms with Crippen molar-refractivity contribution in [1.29, 1.82) is 0 Å². The van der Waals surface area contributed by atoms with Crippen LogP contribution in [0.3, 0.4) is 0 Å². The second-order valence-corrected chi connectivity index (χ2v) is 7.68. The highest BCUT2D eigenvalue weighted by atomic mass is 16.3. The summed E-state index contributed by atoms with van der Waals surface area (Å²) in [4.78, 5) is 27.9. The molecule has 7 nitrogen and oxygen atoms in total. The van der Waals surface area contributed by atoms with Gasteiger partial charge in [0.1, 0.15) is 11.5 Å². The molecule has 0 fully saturated rings. The Morgan fingerprint density at radius 3 is 2.31 bits per heavy atom. The number of allylic oxidation sites excluding steroid dienone is 1. The molecule has 180 valence electrons. The van der Waals surface area contributed by atoms with Crippen molar-refractivity contribution in [2.45, 2.75) is 20.8 Å². The first-order chi connectivity index (χ1) is 17.0. The minimum absolute atomic E-state index is 0.0843. The lowest BCUT2D eigenvalue weighted by Crippen LogP contribution is -2.33. The van der Waals surface area contributed by atoms with E-state index in [0.29, 0.717) is 17.0 Å². The molecule has 1 heterocycles. The van der Waals surface area contributed by atoms with Crippen LogP contribution in [-0.2, 0) is 4.79 Å². The number of nitrogens with one attached hydrogen (secondary N) is 2. The number of carbonyl (C=O) groups excluding carboxylic acids is 2. The molecule has 0 bridgehead atoms. The van der Waals surface area contributed by atoms with Crippen LogP contribution in [-0.4, -0.2) is 30.6 Å². The standard InChI is InChI=1S/C28H30N4O3/c1-4-32(5-2)24-16-14-22(15-17-24)20-26(29-27(33)23-10-7-6-8-11-23)28(34)31-30-21(3)13-18-25-12-9-19-35-25/h6-20H,4-5H2,1-3H3,(H,29,33)(H,31,34)/b18-13-,26-20-,30-21+. The van der Waals surface area contributed by atoms with E-state index >= 15 is 0 Å². The molecule has 7 heteroatoms. The smallest absolute Gasteiger partial charge is 0.287 e. The van der Waals surface area contributed by atoms with Crippen LogP contribution in [0.25, 0.3) is 12.2 Å². The number of furan rings is 1. The summed E-state index contributed by atoms with van der Waals surface area (Å²) in [7, 11) is 0. The van der Waals surface area contributed by atoms with E-state index in [-0.39, 0.29) is 11.6 Å². The van der Waals surface area contributed by atoms with Crippen molar-refractivity contribution in [3.05, 3.63) is 102 Å². The van der Waals surface area contributed by atoms with Gasteiger partial charge in [-0.15, -0.1) is 0 Å². The van der Waals surface area contributed by atoms with E-state index in [1.54, 1.807) is 61.7 Å². The van der Waals surface area contributed by atoms with Crippen molar-refractivity contribution in [3.63, 3.8) is 0 Å². The largest absolute Gasteiger partial charge is 0.465 e. The van der Waals surface area contributed by atoms with Crippen LogP contribution in [0.15, 0.2) is 94.3 Å². The summed E-state index contributed by atoms with van der Waals surface area (Å²) in [6, 6.07) is 20.1. The normalized spacial score (nSPS) is 12.0. The SMILES string of the molecule is CCN(CC)c1ccc(/C=C(\NC(=O)c2ccccc2)C(=O)N/N=C(C)/C=C\c2ccco2)cc1. The molecule has 3 rings (SSSR count). The second-order valence-electron chi connectivity index (χ2n) is 7.68. The van der Waals surface area contributed by atoms with Gasteiger partial charge < -0.3 is 14.6 Å². The van der Waals surface area contributed by atoms with Crippen LogP contribution < -0.4 is 15.6 Å². The summed E-state index contributed by atoms with van der Waals surface area (Å²) >= 11 is 0. The number of hydrogen-bond acceptors (Lipinski definition) is 5. The maximum Gasteiger partial charge on any atom is 0.287 e. The lowest BCUT2D eigenvalue weighted by atomic mass is 10.1.